The van der Waals surface area contributed by atoms with Crippen LogP contribution in [0.3, 0.4) is 0 Å². The van der Waals surface area contributed by atoms with E-state index < -0.39 is 8.07 Å². The molecule has 2 heterocycles. The van der Waals surface area contributed by atoms with Gasteiger partial charge in [0.2, 0.25) is 5.90 Å². The predicted octanol–water partition coefficient (Wildman–Crippen LogP) is 4.93. The summed E-state index contributed by atoms with van der Waals surface area (Å²) in [6.45, 7) is 1.79. The molecule has 5 rings (SSSR count). The molecule has 31 heavy (non-hydrogen) atoms. The van der Waals surface area contributed by atoms with E-state index in [1.54, 1.807) is 0 Å². The number of ether oxygens (including phenoxy) is 1. The molecule has 0 amide bonds. The molecule has 0 N–H and O–H groups in total. The van der Waals surface area contributed by atoms with Crippen LogP contribution in [0.1, 0.15) is 24.8 Å². The Balaban J connectivity index is 1.43. The Morgan fingerprint density at radius 2 is 1.42 bits per heavy atom. The molecular weight excluding hydrogens is 399 g/mol. The first kappa shape index (κ1) is 20.4. The van der Waals surface area contributed by atoms with Crippen LogP contribution < -0.4 is 10.6 Å². The maximum atomic E-state index is 6.25. The number of aliphatic imine (C=N–C) groups is 1. The second-order valence-corrected chi connectivity index (χ2v) is 10.4. The average Bonchev–Trinajstić information content (AvgIpc) is 3.30. The first-order chi connectivity index (χ1) is 15.4. The van der Waals surface area contributed by atoms with Gasteiger partial charge in [-0.25, -0.2) is 4.99 Å². The van der Waals surface area contributed by atoms with E-state index in [4.69, 9.17) is 9.73 Å². The normalized spacial score (nSPS) is 21.6. The Morgan fingerprint density at radius 3 is 2.06 bits per heavy atom. The standard InChI is InChI=1S/C27H29N2OP/c1-4-12-22(13-5-1)20-23-21-30-27(28-23)26-18-10-11-19-29(26)31(24-14-6-2-7-15-24)25-16-8-3-9-17-25/h1-9,12-17,23,26H,10-11,18-21H2. The smallest absolute Gasteiger partial charge is 0.201 e. The summed E-state index contributed by atoms with van der Waals surface area (Å²) in [5.41, 5.74) is 1.33. The van der Waals surface area contributed by atoms with Crippen molar-refractivity contribution in [3.8, 4) is 0 Å². The van der Waals surface area contributed by atoms with E-state index in [-0.39, 0.29) is 12.1 Å². The molecule has 3 nitrogen and oxygen atoms in total. The lowest BCUT2D eigenvalue weighted by Crippen LogP contribution is -2.45. The molecule has 0 saturated carbocycles. The van der Waals surface area contributed by atoms with Crippen LogP contribution >= 0.6 is 8.07 Å². The predicted molar refractivity (Wildman–Crippen MR) is 131 cm³/mol. The maximum absolute atomic E-state index is 6.25. The highest BCUT2D eigenvalue weighted by Gasteiger charge is 2.37. The monoisotopic (exact) mass is 428 g/mol. The van der Waals surface area contributed by atoms with Crippen LogP contribution in [0, 0.1) is 0 Å². The summed E-state index contributed by atoms with van der Waals surface area (Å²) >= 11 is 0. The van der Waals surface area contributed by atoms with Crippen molar-refractivity contribution in [3.63, 3.8) is 0 Å². The van der Waals surface area contributed by atoms with Crippen molar-refractivity contribution < 1.29 is 4.74 Å². The molecule has 0 spiro atoms. The summed E-state index contributed by atoms with van der Waals surface area (Å²) in [6, 6.07) is 33.1. The third-order valence-electron chi connectivity index (χ3n) is 6.07. The van der Waals surface area contributed by atoms with Crippen molar-refractivity contribution in [3.05, 3.63) is 96.6 Å². The van der Waals surface area contributed by atoms with Gasteiger partial charge in [-0.15, -0.1) is 0 Å². The van der Waals surface area contributed by atoms with Gasteiger partial charge in [-0.2, -0.15) is 0 Å². The molecule has 1 saturated heterocycles. The lowest BCUT2D eigenvalue weighted by Gasteiger charge is -2.40. The molecule has 0 aromatic heterocycles. The van der Waals surface area contributed by atoms with E-state index in [1.807, 2.05) is 0 Å². The molecule has 2 aliphatic heterocycles. The first-order valence-corrected chi connectivity index (χ1v) is 12.6. The summed E-state index contributed by atoms with van der Waals surface area (Å²) in [5.74, 6) is 0.958. The Kier molecular flexibility index (Phi) is 6.43. The zero-order valence-electron chi connectivity index (χ0n) is 17.8. The van der Waals surface area contributed by atoms with Gasteiger partial charge in [0.1, 0.15) is 6.61 Å². The van der Waals surface area contributed by atoms with E-state index in [0.29, 0.717) is 6.61 Å². The average molecular weight is 429 g/mol. The van der Waals surface area contributed by atoms with E-state index in [9.17, 15) is 0 Å². The minimum Gasteiger partial charge on any atom is -0.478 e. The fourth-order valence-electron chi connectivity index (χ4n) is 4.60. The molecule has 3 aromatic carbocycles. The number of rotatable bonds is 6. The third-order valence-corrected chi connectivity index (χ3v) is 8.63. The van der Waals surface area contributed by atoms with Gasteiger partial charge in [-0.1, -0.05) is 97.4 Å². The van der Waals surface area contributed by atoms with E-state index >= 15 is 0 Å². The quantitative estimate of drug-likeness (QED) is 0.520. The molecule has 3 aromatic rings. The molecule has 0 radical (unpaired) electrons. The molecular formula is C27H29N2OP. The minimum atomic E-state index is -0.614. The van der Waals surface area contributed by atoms with Crippen LogP contribution in [-0.2, 0) is 11.2 Å². The van der Waals surface area contributed by atoms with Crippen LogP contribution in [0.2, 0.25) is 0 Å². The van der Waals surface area contributed by atoms with Crippen LogP contribution in [0.4, 0.5) is 0 Å². The van der Waals surface area contributed by atoms with Crippen molar-refractivity contribution in [1.29, 1.82) is 0 Å². The van der Waals surface area contributed by atoms with Crippen molar-refractivity contribution in [2.24, 2.45) is 4.99 Å². The highest BCUT2D eigenvalue weighted by molar-refractivity contribution is 7.70. The largest absolute Gasteiger partial charge is 0.478 e. The van der Waals surface area contributed by atoms with Gasteiger partial charge in [0, 0.05) is 14.6 Å². The molecule has 1 fully saturated rings. The van der Waals surface area contributed by atoms with Gasteiger partial charge < -0.3 is 4.74 Å². The van der Waals surface area contributed by atoms with Gasteiger partial charge in [0.05, 0.1) is 12.1 Å². The number of benzene rings is 3. The Bertz CT molecular complexity index is 954. The second kappa shape index (κ2) is 9.77. The zero-order chi connectivity index (χ0) is 20.9. The summed E-state index contributed by atoms with van der Waals surface area (Å²) in [4.78, 5) is 5.09. The van der Waals surface area contributed by atoms with E-state index in [1.165, 1.54) is 29.0 Å². The van der Waals surface area contributed by atoms with E-state index in [2.05, 4.69) is 95.7 Å². The number of piperidine rings is 1. The topological polar surface area (TPSA) is 24.8 Å². The highest BCUT2D eigenvalue weighted by atomic mass is 31.1. The van der Waals surface area contributed by atoms with E-state index in [0.717, 1.165) is 25.3 Å². The van der Waals surface area contributed by atoms with Gasteiger partial charge in [0.15, 0.2) is 0 Å². The van der Waals surface area contributed by atoms with Gasteiger partial charge in [-0.3, -0.25) is 4.67 Å². The fraction of sp³-hybridized carbons (Fsp3) is 0.296. The summed E-state index contributed by atoms with van der Waals surface area (Å²) in [7, 11) is -0.614. The SMILES string of the molecule is c1ccc(CC2COC(C3CCCCN3P(c3ccccc3)c3ccccc3)=N2)cc1. The van der Waals surface area contributed by atoms with Gasteiger partial charge >= 0.3 is 0 Å². The second-order valence-electron chi connectivity index (χ2n) is 8.28. The summed E-state index contributed by atoms with van der Waals surface area (Å²) in [6.07, 6.45) is 4.54. The molecule has 0 aliphatic carbocycles. The Labute approximate surface area is 186 Å². The number of nitrogens with zero attached hydrogens (tertiary/aromatic N) is 2. The lowest BCUT2D eigenvalue weighted by molar-refractivity contribution is 0.254. The van der Waals surface area contributed by atoms with Crippen LogP contribution in [0.25, 0.3) is 0 Å². The fourth-order valence-corrected chi connectivity index (χ4v) is 7.23. The molecule has 4 heteroatoms. The Morgan fingerprint density at radius 1 is 0.806 bits per heavy atom. The summed E-state index contributed by atoms with van der Waals surface area (Å²) < 4.78 is 8.94. The first-order valence-electron chi connectivity index (χ1n) is 11.3. The molecule has 2 unspecified atom stereocenters. The van der Waals surface area contributed by atoms with Gasteiger partial charge in [-0.05, 0) is 35.4 Å². The summed E-state index contributed by atoms with van der Waals surface area (Å²) in [5, 5.41) is 2.80. The minimum absolute atomic E-state index is 0.223. The van der Waals surface area contributed by atoms with Crippen LogP contribution in [0.5, 0.6) is 0 Å². The molecule has 158 valence electrons. The van der Waals surface area contributed by atoms with Crippen molar-refractivity contribution in [2.45, 2.75) is 37.8 Å². The number of hydrogen-bond acceptors (Lipinski definition) is 3. The molecule has 2 atom stereocenters. The molecule has 2 aliphatic rings. The van der Waals surface area contributed by atoms with Crippen molar-refractivity contribution in [2.75, 3.05) is 13.2 Å². The zero-order valence-corrected chi connectivity index (χ0v) is 18.7. The lowest BCUT2D eigenvalue weighted by atomic mass is 10.0. The van der Waals surface area contributed by atoms with Crippen molar-refractivity contribution >= 4 is 24.6 Å². The van der Waals surface area contributed by atoms with Crippen LogP contribution in [-0.4, -0.2) is 35.8 Å². The maximum Gasteiger partial charge on any atom is 0.201 e. The third kappa shape index (κ3) is 4.74. The van der Waals surface area contributed by atoms with Crippen molar-refractivity contribution in [1.82, 2.24) is 4.67 Å². The molecule has 0 bridgehead atoms. The van der Waals surface area contributed by atoms with Crippen LogP contribution in [0.15, 0.2) is 96.0 Å². The Hall–Kier alpha value is -2.48. The highest BCUT2D eigenvalue weighted by Crippen LogP contribution is 2.43. The van der Waals surface area contributed by atoms with Gasteiger partial charge in [0.25, 0.3) is 0 Å². The number of hydrogen-bond donors (Lipinski definition) is 0.